The molecule has 0 fully saturated rings. The summed E-state index contributed by atoms with van der Waals surface area (Å²) in [5.74, 6) is -0.450. The summed E-state index contributed by atoms with van der Waals surface area (Å²) >= 11 is 5.73. The van der Waals surface area contributed by atoms with Crippen molar-refractivity contribution in [2.24, 2.45) is 0 Å². The van der Waals surface area contributed by atoms with Gasteiger partial charge >= 0.3 is 0 Å². The molecule has 0 radical (unpaired) electrons. The van der Waals surface area contributed by atoms with Gasteiger partial charge in [-0.25, -0.2) is 4.39 Å². The molecule has 1 N–H and O–H groups in total. The molecule has 4 heteroatoms. The van der Waals surface area contributed by atoms with E-state index in [9.17, 15) is 9.18 Å². The fraction of sp³-hybridized carbons (Fsp3) is 0.188. The van der Waals surface area contributed by atoms with Crippen LogP contribution in [-0.4, -0.2) is 5.78 Å². The molecule has 1 heterocycles. The molecule has 1 aliphatic rings. The molecule has 0 saturated heterocycles. The van der Waals surface area contributed by atoms with Crippen LogP contribution in [0.5, 0.6) is 0 Å². The van der Waals surface area contributed by atoms with Crippen molar-refractivity contribution in [2.75, 3.05) is 0 Å². The quantitative estimate of drug-likeness (QED) is 0.876. The lowest BCUT2D eigenvalue weighted by molar-refractivity contribution is 0.0993. The Balaban J connectivity index is 1.80. The number of carbonyl (C=O) groups excluding carboxylic acids is 1. The van der Waals surface area contributed by atoms with E-state index in [-0.39, 0.29) is 17.2 Å². The summed E-state index contributed by atoms with van der Waals surface area (Å²) in [6.45, 7) is 1.66. The number of benzene rings is 2. The molecule has 20 heavy (non-hydrogen) atoms. The van der Waals surface area contributed by atoms with Gasteiger partial charge in [-0.2, -0.15) is 0 Å². The van der Waals surface area contributed by atoms with Gasteiger partial charge < -0.3 is 5.32 Å². The molecular formula is C16H13ClFNO. The number of Topliss-reactive ketones (excluding diaryl/α,β-unsaturated/α-hetero) is 1. The molecule has 2 aromatic rings. The van der Waals surface area contributed by atoms with Crippen LogP contribution < -0.4 is 5.32 Å². The van der Waals surface area contributed by atoms with Gasteiger partial charge in [0.05, 0.1) is 5.02 Å². The Morgan fingerprint density at radius 2 is 1.95 bits per heavy atom. The predicted octanol–water partition coefficient (Wildman–Crippen LogP) is 3.51. The lowest BCUT2D eigenvalue weighted by atomic mass is 9.99. The molecule has 0 bridgehead atoms. The number of carbonyl (C=O) groups is 1. The molecule has 0 aromatic heterocycles. The van der Waals surface area contributed by atoms with Crippen LogP contribution in [0.4, 0.5) is 4.39 Å². The third-order valence-electron chi connectivity index (χ3n) is 3.51. The molecule has 2 aromatic carbocycles. The normalized spacial score (nSPS) is 13.3. The van der Waals surface area contributed by atoms with Gasteiger partial charge in [0.2, 0.25) is 0 Å². The number of fused-ring (bicyclic) bond motifs is 1. The molecular weight excluding hydrogens is 277 g/mol. The molecule has 0 unspecified atom stereocenters. The standard InChI is InChI=1S/C16H13ClFNO/c17-14-5-10(1-4-15(14)18)6-16(20)11-2-3-12-8-19-9-13(12)7-11/h1-5,7,19H,6,8-9H2. The lowest BCUT2D eigenvalue weighted by Crippen LogP contribution is -2.04. The molecule has 0 spiro atoms. The number of halogens is 2. The van der Waals surface area contributed by atoms with E-state index in [1.165, 1.54) is 23.3 Å². The van der Waals surface area contributed by atoms with Gasteiger partial charge in [0.25, 0.3) is 0 Å². The molecule has 0 atom stereocenters. The van der Waals surface area contributed by atoms with E-state index in [0.717, 1.165) is 18.7 Å². The largest absolute Gasteiger partial charge is 0.309 e. The van der Waals surface area contributed by atoms with Crippen LogP contribution >= 0.6 is 11.6 Å². The summed E-state index contributed by atoms with van der Waals surface area (Å²) in [5, 5.41) is 3.30. The summed E-state index contributed by atoms with van der Waals surface area (Å²) in [5.41, 5.74) is 3.83. The topological polar surface area (TPSA) is 29.1 Å². The minimum atomic E-state index is -0.466. The van der Waals surface area contributed by atoms with Crippen molar-refractivity contribution in [3.05, 3.63) is 69.5 Å². The Kier molecular flexibility index (Phi) is 3.55. The summed E-state index contributed by atoms with van der Waals surface area (Å²) in [7, 11) is 0. The zero-order valence-corrected chi connectivity index (χ0v) is 11.5. The Bertz CT molecular complexity index is 684. The van der Waals surface area contributed by atoms with Crippen LogP contribution in [0, 0.1) is 5.82 Å². The van der Waals surface area contributed by atoms with Gasteiger partial charge in [-0.15, -0.1) is 0 Å². The summed E-state index contributed by atoms with van der Waals surface area (Å²) in [6, 6.07) is 10.2. The van der Waals surface area contributed by atoms with E-state index in [2.05, 4.69) is 5.32 Å². The van der Waals surface area contributed by atoms with E-state index in [1.807, 2.05) is 18.2 Å². The minimum absolute atomic E-state index is 0.0161. The van der Waals surface area contributed by atoms with Crippen LogP contribution in [0.1, 0.15) is 27.0 Å². The average Bonchev–Trinajstić information content (AvgIpc) is 2.90. The molecule has 2 nitrogen and oxygen atoms in total. The molecule has 0 amide bonds. The highest BCUT2D eigenvalue weighted by molar-refractivity contribution is 6.30. The van der Waals surface area contributed by atoms with Crippen LogP contribution in [0.2, 0.25) is 5.02 Å². The first-order valence-electron chi connectivity index (χ1n) is 6.43. The van der Waals surface area contributed by atoms with Crippen LogP contribution in [0.3, 0.4) is 0 Å². The van der Waals surface area contributed by atoms with Gasteiger partial charge in [0.1, 0.15) is 5.82 Å². The van der Waals surface area contributed by atoms with Crippen molar-refractivity contribution in [2.45, 2.75) is 19.5 Å². The molecule has 3 rings (SSSR count). The van der Waals surface area contributed by atoms with Crippen molar-refractivity contribution in [3.63, 3.8) is 0 Å². The van der Waals surface area contributed by atoms with Gasteiger partial charge in [0, 0.05) is 25.1 Å². The smallest absolute Gasteiger partial charge is 0.167 e. The van der Waals surface area contributed by atoms with Crippen LogP contribution in [0.15, 0.2) is 36.4 Å². The zero-order chi connectivity index (χ0) is 14.1. The second-order valence-electron chi connectivity index (χ2n) is 4.94. The van der Waals surface area contributed by atoms with Crippen molar-refractivity contribution in [1.82, 2.24) is 5.32 Å². The van der Waals surface area contributed by atoms with Crippen LogP contribution in [-0.2, 0) is 19.5 Å². The van der Waals surface area contributed by atoms with E-state index >= 15 is 0 Å². The Morgan fingerprint density at radius 1 is 1.15 bits per heavy atom. The van der Waals surface area contributed by atoms with Crippen molar-refractivity contribution in [1.29, 1.82) is 0 Å². The Morgan fingerprint density at radius 3 is 2.75 bits per heavy atom. The zero-order valence-electron chi connectivity index (χ0n) is 10.7. The van der Waals surface area contributed by atoms with E-state index < -0.39 is 5.82 Å². The van der Waals surface area contributed by atoms with Gasteiger partial charge in [0.15, 0.2) is 5.78 Å². The molecule has 0 aliphatic carbocycles. The SMILES string of the molecule is O=C(Cc1ccc(F)c(Cl)c1)c1ccc2c(c1)CNC2. The van der Waals surface area contributed by atoms with Gasteiger partial charge in [-0.05, 0) is 34.9 Å². The average molecular weight is 290 g/mol. The highest BCUT2D eigenvalue weighted by atomic mass is 35.5. The van der Waals surface area contributed by atoms with Crippen LogP contribution in [0.25, 0.3) is 0 Å². The maximum atomic E-state index is 13.1. The minimum Gasteiger partial charge on any atom is -0.309 e. The fourth-order valence-corrected chi connectivity index (χ4v) is 2.61. The second-order valence-corrected chi connectivity index (χ2v) is 5.34. The molecule has 1 aliphatic heterocycles. The number of hydrogen-bond acceptors (Lipinski definition) is 2. The maximum absolute atomic E-state index is 13.1. The fourth-order valence-electron chi connectivity index (χ4n) is 2.41. The summed E-state index contributed by atoms with van der Waals surface area (Å²) in [4.78, 5) is 12.3. The predicted molar refractivity (Wildman–Crippen MR) is 76.4 cm³/mol. The highest BCUT2D eigenvalue weighted by Gasteiger charge is 2.14. The first-order chi connectivity index (χ1) is 9.63. The number of rotatable bonds is 3. The van der Waals surface area contributed by atoms with Gasteiger partial charge in [-0.3, -0.25) is 4.79 Å². The van der Waals surface area contributed by atoms with E-state index in [4.69, 9.17) is 11.6 Å². The van der Waals surface area contributed by atoms with Crippen molar-refractivity contribution < 1.29 is 9.18 Å². The summed E-state index contributed by atoms with van der Waals surface area (Å²) < 4.78 is 13.1. The van der Waals surface area contributed by atoms with E-state index in [1.54, 1.807) is 6.07 Å². The van der Waals surface area contributed by atoms with Crippen molar-refractivity contribution in [3.8, 4) is 0 Å². The monoisotopic (exact) mass is 289 g/mol. The number of hydrogen-bond donors (Lipinski definition) is 1. The second kappa shape index (κ2) is 5.35. The number of ketones is 1. The summed E-state index contributed by atoms with van der Waals surface area (Å²) in [6.07, 6.45) is 0.228. The first-order valence-corrected chi connectivity index (χ1v) is 6.81. The Labute approximate surface area is 121 Å². The molecule has 0 saturated carbocycles. The van der Waals surface area contributed by atoms with Crippen molar-refractivity contribution >= 4 is 17.4 Å². The lowest BCUT2D eigenvalue weighted by Gasteiger charge is -2.05. The number of nitrogens with one attached hydrogen (secondary N) is 1. The third-order valence-corrected chi connectivity index (χ3v) is 3.80. The first kappa shape index (κ1) is 13.3. The van der Waals surface area contributed by atoms with Gasteiger partial charge in [-0.1, -0.05) is 29.8 Å². The highest BCUT2D eigenvalue weighted by Crippen LogP contribution is 2.20. The maximum Gasteiger partial charge on any atom is 0.167 e. The third kappa shape index (κ3) is 2.60. The molecule has 102 valence electrons. The Hall–Kier alpha value is -1.71. The van der Waals surface area contributed by atoms with E-state index in [0.29, 0.717) is 5.56 Å².